The second kappa shape index (κ2) is 7.36. The number of amides is 1. The van der Waals surface area contributed by atoms with Crippen LogP contribution >= 0.6 is 0 Å². The largest absolute Gasteiger partial charge is 0.412 e. The van der Waals surface area contributed by atoms with E-state index in [-0.39, 0.29) is 11.9 Å². The highest BCUT2D eigenvalue weighted by atomic mass is 16.1. The molecule has 0 saturated carbocycles. The maximum atomic E-state index is 8.58. The predicted octanol–water partition coefficient (Wildman–Crippen LogP) is -0.872. The quantitative estimate of drug-likeness (QED) is 0.346. The van der Waals surface area contributed by atoms with E-state index in [1.54, 1.807) is 12.1 Å². The van der Waals surface area contributed by atoms with Crippen LogP contribution in [0.15, 0.2) is 24.3 Å². The van der Waals surface area contributed by atoms with Crippen LogP contribution < -0.4 is 17.2 Å². The number of benzene rings is 1. The van der Waals surface area contributed by atoms with Crippen LogP contribution in [0.2, 0.25) is 0 Å². The standard InChI is InChI=1S/C6H8N2.CH3NO.H2O/c7-5-3-1-2-4-6(5)8;2-1-3;/h1-4H,7-8H2;1H,(H2,2,3);1H2. The third-order valence-electron chi connectivity index (χ3n) is 0.996. The molecule has 0 aliphatic carbocycles. The third kappa shape index (κ3) is 5.07. The van der Waals surface area contributed by atoms with Crippen molar-refractivity contribution in [3.8, 4) is 0 Å². The first-order valence-electron chi connectivity index (χ1n) is 2.97. The minimum atomic E-state index is 0. The SMILES string of the molecule is NC=O.Nc1ccccc1N.O. The highest BCUT2D eigenvalue weighted by Gasteiger charge is 1.85. The Morgan fingerprint density at radius 2 is 1.33 bits per heavy atom. The summed E-state index contributed by atoms with van der Waals surface area (Å²) in [6.45, 7) is 0. The Bertz CT molecular complexity index is 207. The minimum absolute atomic E-state index is 0. The molecule has 0 aliphatic rings. The zero-order valence-corrected chi connectivity index (χ0v) is 6.53. The Morgan fingerprint density at radius 3 is 1.50 bits per heavy atom. The molecule has 0 aliphatic heterocycles. The van der Waals surface area contributed by atoms with Crippen LogP contribution in [0, 0.1) is 0 Å². The van der Waals surface area contributed by atoms with Crippen molar-refractivity contribution in [1.82, 2.24) is 0 Å². The van der Waals surface area contributed by atoms with E-state index in [2.05, 4.69) is 5.73 Å². The lowest BCUT2D eigenvalue weighted by Gasteiger charge is -1.94. The topological polar surface area (TPSA) is 127 Å². The van der Waals surface area contributed by atoms with Crippen LogP contribution in [0.5, 0.6) is 0 Å². The smallest absolute Gasteiger partial charge is 0.204 e. The van der Waals surface area contributed by atoms with Gasteiger partial charge in [-0.25, -0.2) is 0 Å². The number of nitrogen functional groups attached to an aromatic ring is 2. The van der Waals surface area contributed by atoms with E-state index >= 15 is 0 Å². The highest BCUT2D eigenvalue weighted by molar-refractivity contribution is 5.62. The molecule has 0 saturated heterocycles. The van der Waals surface area contributed by atoms with E-state index < -0.39 is 0 Å². The van der Waals surface area contributed by atoms with Gasteiger partial charge in [0.15, 0.2) is 0 Å². The van der Waals surface area contributed by atoms with Gasteiger partial charge >= 0.3 is 0 Å². The van der Waals surface area contributed by atoms with Crippen LogP contribution in [0.1, 0.15) is 0 Å². The first kappa shape index (κ1) is 12.9. The predicted molar refractivity (Wildman–Crippen MR) is 49.1 cm³/mol. The van der Waals surface area contributed by atoms with E-state index in [1.165, 1.54) is 0 Å². The van der Waals surface area contributed by atoms with Gasteiger partial charge in [0.2, 0.25) is 6.41 Å². The Morgan fingerprint density at radius 1 is 1.08 bits per heavy atom. The summed E-state index contributed by atoms with van der Waals surface area (Å²) in [6.07, 6.45) is 0.250. The average Bonchev–Trinajstić information content (AvgIpc) is 1.97. The molecule has 0 fully saturated rings. The lowest BCUT2D eigenvalue weighted by Crippen LogP contribution is -1.91. The number of carbonyl (C=O) groups is 1. The van der Waals surface area contributed by atoms with E-state index in [1.807, 2.05) is 12.1 Å². The molecule has 1 aromatic rings. The molecule has 1 amide bonds. The lowest BCUT2D eigenvalue weighted by atomic mass is 10.3. The van der Waals surface area contributed by atoms with Gasteiger partial charge in [-0.3, -0.25) is 4.79 Å². The first-order valence-corrected chi connectivity index (χ1v) is 2.97. The van der Waals surface area contributed by atoms with Crippen molar-refractivity contribution >= 4 is 17.8 Å². The number of carbonyl (C=O) groups excluding carboxylic acids is 1. The summed E-state index contributed by atoms with van der Waals surface area (Å²) < 4.78 is 0. The van der Waals surface area contributed by atoms with Gasteiger partial charge in [-0.05, 0) is 12.1 Å². The van der Waals surface area contributed by atoms with Gasteiger partial charge in [-0.1, -0.05) is 12.1 Å². The zero-order valence-electron chi connectivity index (χ0n) is 6.53. The highest BCUT2D eigenvalue weighted by Crippen LogP contribution is 2.10. The Kier molecular flexibility index (Phi) is 7.90. The van der Waals surface area contributed by atoms with E-state index in [0.29, 0.717) is 11.4 Å². The first-order chi connectivity index (χ1) is 5.22. The van der Waals surface area contributed by atoms with Crippen LogP contribution in [-0.2, 0) is 4.79 Å². The monoisotopic (exact) mass is 171 g/mol. The van der Waals surface area contributed by atoms with Crippen molar-refractivity contribution in [2.45, 2.75) is 0 Å². The van der Waals surface area contributed by atoms with Gasteiger partial charge in [0.25, 0.3) is 0 Å². The lowest BCUT2D eigenvalue weighted by molar-refractivity contribution is -0.106. The number of hydrogen-bond donors (Lipinski definition) is 3. The van der Waals surface area contributed by atoms with Crippen LogP contribution in [-0.4, -0.2) is 11.9 Å². The van der Waals surface area contributed by atoms with Crippen LogP contribution in [0.4, 0.5) is 11.4 Å². The fraction of sp³-hybridized carbons (Fsp3) is 0. The maximum Gasteiger partial charge on any atom is 0.204 e. The molecule has 0 radical (unpaired) electrons. The molecule has 0 unspecified atom stereocenters. The molecule has 1 aromatic carbocycles. The van der Waals surface area contributed by atoms with Crippen molar-refractivity contribution in [2.24, 2.45) is 5.73 Å². The van der Waals surface area contributed by atoms with Gasteiger partial charge in [0.05, 0.1) is 11.4 Å². The molecule has 5 nitrogen and oxygen atoms in total. The summed E-state index contributed by atoms with van der Waals surface area (Å²) in [5, 5.41) is 0. The summed E-state index contributed by atoms with van der Waals surface area (Å²) in [6, 6.07) is 7.25. The molecule has 0 spiro atoms. The fourth-order valence-electron chi connectivity index (χ4n) is 0.511. The Hall–Kier alpha value is -1.75. The number of para-hydroxylation sites is 2. The van der Waals surface area contributed by atoms with E-state index in [0.717, 1.165) is 0 Å². The number of primary amides is 1. The molecule has 0 heterocycles. The van der Waals surface area contributed by atoms with Gasteiger partial charge in [0, 0.05) is 0 Å². The van der Waals surface area contributed by atoms with Crippen LogP contribution in [0.3, 0.4) is 0 Å². The number of hydrogen-bond acceptors (Lipinski definition) is 3. The number of nitrogens with two attached hydrogens (primary N) is 3. The fourth-order valence-corrected chi connectivity index (χ4v) is 0.511. The van der Waals surface area contributed by atoms with E-state index in [9.17, 15) is 0 Å². The third-order valence-corrected chi connectivity index (χ3v) is 0.996. The summed E-state index contributed by atoms with van der Waals surface area (Å²) in [5.41, 5.74) is 16.2. The van der Waals surface area contributed by atoms with Crippen molar-refractivity contribution < 1.29 is 10.3 Å². The molecule has 5 heteroatoms. The van der Waals surface area contributed by atoms with Crippen molar-refractivity contribution in [3.05, 3.63) is 24.3 Å². The molecule has 12 heavy (non-hydrogen) atoms. The second-order valence-electron chi connectivity index (χ2n) is 1.76. The summed E-state index contributed by atoms with van der Waals surface area (Å²) in [7, 11) is 0. The molecule has 68 valence electrons. The second-order valence-corrected chi connectivity index (χ2v) is 1.76. The Balaban J connectivity index is 0. The Labute approximate surface area is 70.5 Å². The average molecular weight is 171 g/mol. The summed E-state index contributed by atoms with van der Waals surface area (Å²) >= 11 is 0. The van der Waals surface area contributed by atoms with Gasteiger partial charge in [-0.2, -0.15) is 0 Å². The zero-order chi connectivity index (χ0) is 8.69. The van der Waals surface area contributed by atoms with Gasteiger partial charge < -0.3 is 22.7 Å². The van der Waals surface area contributed by atoms with Gasteiger partial charge in [0.1, 0.15) is 0 Å². The number of anilines is 2. The molecular formula is C7H13N3O2. The molecule has 0 atom stereocenters. The molecule has 1 rings (SSSR count). The molecular weight excluding hydrogens is 158 g/mol. The van der Waals surface area contributed by atoms with Crippen LogP contribution in [0.25, 0.3) is 0 Å². The van der Waals surface area contributed by atoms with Crippen molar-refractivity contribution in [3.63, 3.8) is 0 Å². The van der Waals surface area contributed by atoms with E-state index in [4.69, 9.17) is 16.3 Å². The summed E-state index contributed by atoms with van der Waals surface area (Å²) in [5.74, 6) is 0. The van der Waals surface area contributed by atoms with Crippen molar-refractivity contribution in [1.29, 1.82) is 0 Å². The molecule has 0 bridgehead atoms. The van der Waals surface area contributed by atoms with Crippen molar-refractivity contribution in [2.75, 3.05) is 11.5 Å². The molecule has 0 aromatic heterocycles. The summed E-state index contributed by atoms with van der Waals surface area (Å²) in [4.78, 5) is 8.58. The van der Waals surface area contributed by atoms with Gasteiger partial charge in [-0.15, -0.1) is 0 Å². The number of rotatable bonds is 0. The normalized spacial score (nSPS) is 7.00. The maximum absolute atomic E-state index is 8.58. The molecule has 8 N–H and O–H groups in total. The minimum Gasteiger partial charge on any atom is -0.412 e.